The van der Waals surface area contributed by atoms with Crippen molar-refractivity contribution in [2.75, 3.05) is 7.11 Å². The smallest absolute Gasteiger partial charge is 0.314 e. The number of aromatic nitrogens is 1. The first-order chi connectivity index (χ1) is 7.72. The van der Waals surface area contributed by atoms with Crippen molar-refractivity contribution < 1.29 is 14.3 Å². The lowest BCUT2D eigenvalue weighted by molar-refractivity contribution is -0.139. The molecule has 0 aromatic carbocycles. The molecular formula is C12H17NO3. The molecule has 0 aliphatic heterocycles. The summed E-state index contributed by atoms with van der Waals surface area (Å²) in [6, 6.07) is 3.38. The van der Waals surface area contributed by atoms with Gasteiger partial charge in [0.2, 0.25) is 0 Å². The number of methoxy groups -OCH3 is 1. The summed E-state index contributed by atoms with van der Waals surface area (Å²) in [4.78, 5) is 15.7. The monoisotopic (exact) mass is 223 g/mol. The highest BCUT2D eigenvalue weighted by Crippen LogP contribution is 2.24. The molecular weight excluding hydrogens is 206 g/mol. The molecule has 0 amide bonds. The largest absolute Gasteiger partial charge is 0.478 e. The molecule has 4 nitrogen and oxygen atoms in total. The Hall–Kier alpha value is -1.58. The maximum absolute atomic E-state index is 11.7. The summed E-state index contributed by atoms with van der Waals surface area (Å²) in [5, 5.41) is 0. The van der Waals surface area contributed by atoms with Crippen molar-refractivity contribution in [3.05, 3.63) is 18.3 Å². The van der Waals surface area contributed by atoms with Crippen molar-refractivity contribution in [1.29, 1.82) is 0 Å². The van der Waals surface area contributed by atoms with E-state index in [1.807, 2.05) is 13.8 Å². The number of nitrogens with zero attached hydrogens (tertiary/aromatic N) is 1. The summed E-state index contributed by atoms with van der Waals surface area (Å²) in [6.45, 7) is 3.94. The summed E-state index contributed by atoms with van der Waals surface area (Å²) in [6.07, 6.45) is 3.14. The van der Waals surface area contributed by atoms with E-state index in [1.165, 1.54) is 7.11 Å². The molecule has 4 heteroatoms. The topological polar surface area (TPSA) is 48.4 Å². The maximum Gasteiger partial charge on any atom is 0.314 e. The van der Waals surface area contributed by atoms with Gasteiger partial charge < -0.3 is 9.47 Å². The minimum absolute atomic E-state index is 0.0649. The third-order valence-corrected chi connectivity index (χ3v) is 2.46. The molecule has 1 aromatic rings. The van der Waals surface area contributed by atoms with Crippen LogP contribution in [-0.2, 0) is 4.79 Å². The Bertz CT molecular complexity index is 348. The summed E-state index contributed by atoms with van der Waals surface area (Å²) in [7, 11) is 1.50. The van der Waals surface area contributed by atoms with E-state index in [2.05, 4.69) is 4.98 Å². The van der Waals surface area contributed by atoms with Crippen molar-refractivity contribution in [1.82, 2.24) is 4.98 Å². The van der Waals surface area contributed by atoms with E-state index in [0.717, 1.165) is 12.8 Å². The molecule has 88 valence electrons. The lowest BCUT2D eigenvalue weighted by Crippen LogP contribution is -2.19. The first-order valence-corrected chi connectivity index (χ1v) is 5.43. The van der Waals surface area contributed by atoms with Crippen molar-refractivity contribution >= 4 is 5.97 Å². The Balaban J connectivity index is 2.76. The van der Waals surface area contributed by atoms with Crippen molar-refractivity contribution in [2.45, 2.75) is 26.7 Å². The molecule has 0 bridgehead atoms. The highest BCUT2D eigenvalue weighted by atomic mass is 16.6. The second kappa shape index (κ2) is 6.10. The van der Waals surface area contributed by atoms with E-state index in [-0.39, 0.29) is 11.9 Å². The minimum Gasteiger partial charge on any atom is -0.478 e. The Labute approximate surface area is 95.6 Å². The summed E-state index contributed by atoms with van der Waals surface area (Å²) in [5.74, 6) is 0.421. The molecule has 0 fully saturated rings. The molecule has 1 heterocycles. The molecule has 0 saturated heterocycles. The van der Waals surface area contributed by atoms with Gasteiger partial charge in [0.1, 0.15) is 0 Å². The summed E-state index contributed by atoms with van der Waals surface area (Å²) >= 11 is 0. The predicted molar refractivity (Wildman–Crippen MR) is 60.5 cm³/mol. The fourth-order valence-corrected chi connectivity index (χ4v) is 1.42. The average molecular weight is 223 g/mol. The van der Waals surface area contributed by atoms with E-state index in [9.17, 15) is 4.79 Å². The van der Waals surface area contributed by atoms with Gasteiger partial charge in [-0.05, 0) is 25.0 Å². The third-order valence-electron chi connectivity index (χ3n) is 2.46. The van der Waals surface area contributed by atoms with Crippen LogP contribution in [0.15, 0.2) is 18.3 Å². The second-order valence-electron chi connectivity index (χ2n) is 3.45. The van der Waals surface area contributed by atoms with E-state index < -0.39 is 0 Å². The highest BCUT2D eigenvalue weighted by Gasteiger charge is 2.18. The SMILES string of the molecule is CCC(CC)C(=O)Oc1cccnc1OC. The van der Waals surface area contributed by atoms with Crippen LogP contribution in [0.1, 0.15) is 26.7 Å². The fraction of sp³-hybridized carbons (Fsp3) is 0.500. The van der Waals surface area contributed by atoms with Gasteiger partial charge in [0, 0.05) is 6.20 Å². The lowest BCUT2D eigenvalue weighted by atomic mass is 10.0. The standard InChI is InChI=1S/C12H17NO3/c1-4-9(5-2)12(14)16-10-7-6-8-13-11(10)15-3/h6-9H,4-5H2,1-3H3. The first kappa shape index (κ1) is 12.5. The van der Waals surface area contributed by atoms with Crippen LogP contribution < -0.4 is 9.47 Å². The zero-order valence-electron chi connectivity index (χ0n) is 9.90. The van der Waals surface area contributed by atoms with Crippen LogP contribution in [0.5, 0.6) is 11.6 Å². The van der Waals surface area contributed by atoms with Gasteiger partial charge in [-0.3, -0.25) is 4.79 Å². The van der Waals surface area contributed by atoms with Crippen LogP contribution in [0, 0.1) is 5.92 Å². The normalized spacial score (nSPS) is 10.2. The van der Waals surface area contributed by atoms with Crippen molar-refractivity contribution in [2.24, 2.45) is 5.92 Å². The molecule has 0 spiro atoms. The maximum atomic E-state index is 11.7. The number of rotatable bonds is 5. The minimum atomic E-state index is -0.226. The molecule has 16 heavy (non-hydrogen) atoms. The van der Waals surface area contributed by atoms with Crippen molar-refractivity contribution in [3.8, 4) is 11.6 Å². The van der Waals surface area contributed by atoms with Crippen LogP contribution in [-0.4, -0.2) is 18.1 Å². The number of hydrogen-bond acceptors (Lipinski definition) is 4. The van der Waals surface area contributed by atoms with Gasteiger partial charge in [0.25, 0.3) is 5.88 Å². The molecule has 0 aliphatic carbocycles. The molecule has 1 rings (SSSR count). The van der Waals surface area contributed by atoms with E-state index in [0.29, 0.717) is 11.6 Å². The molecule has 0 aliphatic rings. The van der Waals surface area contributed by atoms with Crippen LogP contribution in [0.4, 0.5) is 0 Å². The van der Waals surface area contributed by atoms with Crippen LogP contribution in [0.2, 0.25) is 0 Å². The van der Waals surface area contributed by atoms with E-state index in [1.54, 1.807) is 18.3 Å². The van der Waals surface area contributed by atoms with Gasteiger partial charge in [-0.1, -0.05) is 13.8 Å². The number of hydrogen-bond donors (Lipinski definition) is 0. The highest BCUT2D eigenvalue weighted by molar-refractivity contribution is 5.75. The number of ether oxygens (including phenoxy) is 2. The number of pyridine rings is 1. The third kappa shape index (κ3) is 2.95. The predicted octanol–water partition coefficient (Wildman–Crippen LogP) is 2.43. The van der Waals surface area contributed by atoms with Crippen LogP contribution in [0.3, 0.4) is 0 Å². The quantitative estimate of drug-likeness (QED) is 0.719. The molecule has 0 radical (unpaired) electrons. The van der Waals surface area contributed by atoms with Crippen LogP contribution in [0.25, 0.3) is 0 Å². The summed E-state index contributed by atoms with van der Waals surface area (Å²) < 4.78 is 10.3. The molecule has 0 atom stereocenters. The number of carbonyl (C=O) groups is 1. The van der Waals surface area contributed by atoms with Gasteiger partial charge in [-0.15, -0.1) is 0 Å². The Kier molecular flexibility index (Phi) is 4.76. The lowest BCUT2D eigenvalue weighted by Gasteiger charge is -2.12. The zero-order chi connectivity index (χ0) is 12.0. The Morgan fingerprint density at radius 2 is 2.12 bits per heavy atom. The Morgan fingerprint density at radius 3 is 2.69 bits per heavy atom. The Morgan fingerprint density at radius 1 is 1.44 bits per heavy atom. The number of carbonyl (C=O) groups excluding carboxylic acids is 1. The van der Waals surface area contributed by atoms with Gasteiger partial charge in [-0.2, -0.15) is 0 Å². The molecule has 1 aromatic heterocycles. The fourth-order valence-electron chi connectivity index (χ4n) is 1.42. The van der Waals surface area contributed by atoms with Crippen LogP contribution >= 0.6 is 0 Å². The van der Waals surface area contributed by atoms with Gasteiger partial charge >= 0.3 is 5.97 Å². The molecule has 0 unspecified atom stereocenters. The zero-order valence-corrected chi connectivity index (χ0v) is 9.90. The summed E-state index contributed by atoms with van der Waals surface area (Å²) in [5.41, 5.74) is 0. The van der Waals surface area contributed by atoms with Gasteiger partial charge in [-0.25, -0.2) is 4.98 Å². The molecule has 0 saturated carbocycles. The van der Waals surface area contributed by atoms with Gasteiger partial charge in [0.15, 0.2) is 5.75 Å². The number of esters is 1. The van der Waals surface area contributed by atoms with E-state index >= 15 is 0 Å². The molecule has 0 N–H and O–H groups in total. The average Bonchev–Trinajstić information content (AvgIpc) is 2.31. The van der Waals surface area contributed by atoms with Gasteiger partial charge in [0.05, 0.1) is 13.0 Å². The first-order valence-electron chi connectivity index (χ1n) is 5.43. The van der Waals surface area contributed by atoms with Crippen molar-refractivity contribution in [3.63, 3.8) is 0 Å². The second-order valence-corrected chi connectivity index (χ2v) is 3.45. The van der Waals surface area contributed by atoms with E-state index in [4.69, 9.17) is 9.47 Å².